The molecule has 0 fully saturated rings. The molecule has 0 unspecified atom stereocenters. The molecule has 0 heterocycles. The topological polar surface area (TPSA) is 52.6 Å². The van der Waals surface area contributed by atoms with E-state index in [9.17, 15) is 9.90 Å². The molecule has 0 bridgehead atoms. The standard InChI is InChI=1S/C18H21ClN2O2/c19-16-8-4-5-9-17(16)20-18(23)14-21(12-13-22)11-10-15-6-2-1-3-7-15/h1-9,22H,10-14H2,(H,20,23). The zero-order valence-electron chi connectivity index (χ0n) is 12.9. The largest absolute Gasteiger partial charge is 0.395 e. The molecule has 2 N–H and O–H groups in total. The summed E-state index contributed by atoms with van der Waals surface area (Å²) in [6.45, 7) is 1.41. The molecule has 122 valence electrons. The number of anilines is 1. The van der Waals surface area contributed by atoms with Gasteiger partial charge in [0.1, 0.15) is 0 Å². The lowest BCUT2D eigenvalue weighted by molar-refractivity contribution is -0.117. The van der Waals surface area contributed by atoms with Crippen LogP contribution in [0.1, 0.15) is 5.56 Å². The van der Waals surface area contributed by atoms with Crippen LogP contribution in [0, 0.1) is 0 Å². The molecule has 0 radical (unpaired) electrons. The van der Waals surface area contributed by atoms with E-state index in [-0.39, 0.29) is 19.1 Å². The minimum Gasteiger partial charge on any atom is -0.395 e. The second-order valence-corrected chi connectivity index (χ2v) is 5.67. The monoisotopic (exact) mass is 332 g/mol. The first-order valence-electron chi connectivity index (χ1n) is 7.60. The zero-order chi connectivity index (χ0) is 16.5. The lowest BCUT2D eigenvalue weighted by Gasteiger charge is -2.21. The highest BCUT2D eigenvalue weighted by molar-refractivity contribution is 6.33. The highest BCUT2D eigenvalue weighted by Crippen LogP contribution is 2.20. The number of carbonyl (C=O) groups is 1. The maximum absolute atomic E-state index is 12.2. The normalized spacial score (nSPS) is 10.7. The number of benzene rings is 2. The van der Waals surface area contributed by atoms with E-state index < -0.39 is 0 Å². The van der Waals surface area contributed by atoms with Crippen molar-refractivity contribution in [2.24, 2.45) is 0 Å². The van der Waals surface area contributed by atoms with Crippen LogP contribution in [0.4, 0.5) is 5.69 Å². The predicted octanol–water partition coefficient (Wildman–Crippen LogP) is 2.82. The van der Waals surface area contributed by atoms with Crippen molar-refractivity contribution in [3.63, 3.8) is 0 Å². The minimum atomic E-state index is -0.139. The van der Waals surface area contributed by atoms with Crippen LogP contribution in [0.15, 0.2) is 54.6 Å². The predicted molar refractivity (Wildman–Crippen MR) is 93.8 cm³/mol. The molecule has 0 aliphatic carbocycles. The van der Waals surface area contributed by atoms with Crippen molar-refractivity contribution in [2.45, 2.75) is 6.42 Å². The van der Waals surface area contributed by atoms with Crippen molar-refractivity contribution in [1.29, 1.82) is 0 Å². The van der Waals surface area contributed by atoms with E-state index in [1.165, 1.54) is 5.56 Å². The van der Waals surface area contributed by atoms with E-state index in [1.54, 1.807) is 12.1 Å². The van der Waals surface area contributed by atoms with Gasteiger partial charge in [-0.2, -0.15) is 0 Å². The number of carbonyl (C=O) groups excluding carboxylic acids is 1. The van der Waals surface area contributed by atoms with E-state index in [0.29, 0.717) is 23.8 Å². The number of aliphatic hydroxyl groups is 1. The lowest BCUT2D eigenvalue weighted by Crippen LogP contribution is -2.36. The summed E-state index contributed by atoms with van der Waals surface area (Å²) in [4.78, 5) is 14.1. The Morgan fingerprint density at radius 3 is 2.43 bits per heavy atom. The second kappa shape index (κ2) is 9.30. The zero-order valence-corrected chi connectivity index (χ0v) is 13.7. The molecular weight excluding hydrogens is 312 g/mol. The van der Waals surface area contributed by atoms with Gasteiger partial charge in [-0.25, -0.2) is 0 Å². The van der Waals surface area contributed by atoms with Crippen LogP contribution in [-0.2, 0) is 11.2 Å². The van der Waals surface area contributed by atoms with Gasteiger partial charge in [0.15, 0.2) is 0 Å². The molecule has 23 heavy (non-hydrogen) atoms. The molecule has 4 nitrogen and oxygen atoms in total. The minimum absolute atomic E-state index is 0.0220. The van der Waals surface area contributed by atoms with Crippen molar-refractivity contribution in [1.82, 2.24) is 4.90 Å². The van der Waals surface area contributed by atoms with Gasteiger partial charge in [-0.05, 0) is 24.1 Å². The fourth-order valence-corrected chi connectivity index (χ4v) is 2.48. The van der Waals surface area contributed by atoms with Crippen molar-refractivity contribution in [2.75, 3.05) is 31.6 Å². The molecule has 0 saturated heterocycles. The molecule has 0 saturated carbocycles. The van der Waals surface area contributed by atoms with Crippen molar-refractivity contribution in [3.05, 3.63) is 65.2 Å². The summed E-state index contributed by atoms with van der Waals surface area (Å²) >= 11 is 6.04. The number of nitrogens with zero attached hydrogens (tertiary/aromatic N) is 1. The number of hydrogen-bond acceptors (Lipinski definition) is 3. The van der Waals surface area contributed by atoms with E-state index in [1.807, 2.05) is 35.2 Å². The lowest BCUT2D eigenvalue weighted by atomic mass is 10.1. The number of hydrogen-bond donors (Lipinski definition) is 2. The van der Waals surface area contributed by atoms with Crippen LogP contribution in [0.5, 0.6) is 0 Å². The van der Waals surface area contributed by atoms with Crippen molar-refractivity contribution >= 4 is 23.2 Å². The number of halogens is 1. The maximum Gasteiger partial charge on any atom is 0.238 e. The molecule has 2 rings (SSSR count). The van der Waals surface area contributed by atoms with Gasteiger partial charge in [-0.1, -0.05) is 54.1 Å². The van der Waals surface area contributed by atoms with Crippen molar-refractivity contribution in [3.8, 4) is 0 Å². The number of rotatable bonds is 8. The fraction of sp³-hybridized carbons (Fsp3) is 0.278. The van der Waals surface area contributed by atoms with Gasteiger partial charge in [-0.15, -0.1) is 0 Å². The van der Waals surface area contributed by atoms with Gasteiger partial charge < -0.3 is 10.4 Å². The summed E-state index contributed by atoms with van der Waals surface area (Å²) in [6.07, 6.45) is 0.834. The summed E-state index contributed by atoms with van der Waals surface area (Å²) in [7, 11) is 0. The number of nitrogens with one attached hydrogen (secondary N) is 1. The van der Waals surface area contributed by atoms with E-state index >= 15 is 0 Å². The van der Waals surface area contributed by atoms with E-state index in [0.717, 1.165) is 6.42 Å². The quantitative estimate of drug-likeness (QED) is 0.781. The first-order valence-corrected chi connectivity index (χ1v) is 7.98. The Labute approximate surface area is 141 Å². The van der Waals surface area contributed by atoms with Gasteiger partial charge in [0.05, 0.1) is 23.9 Å². The van der Waals surface area contributed by atoms with Crippen LogP contribution in [0.3, 0.4) is 0 Å². The Kier molecular flexibility index (Phi) is 7.07. The molecule has 0 aliphatic rings. The Morgan fingerprint density at radius 2 is 1.74 bits per heavy atom. The smallest absolute Gasteiger partial charge is 0.238 e. The molecular formula is C18H21ClN2O2. The Bertz CT molecular complexity index is 619. The number of amides is 1. The first kappa shape index (κ1) is 17.5. The highest BCUT2D eigenvalue weighted by atomic mass is 35.5. The molecule has 0 aromatic heterocycles. The molecule has 5 heteroatoms. The second-order valence-electron chi connectivity index (χ2n) is 5.26. The highest BCUT2D eigenvalue weighted by Gasteiger charge is 2.11. The number of aliphatic hydroxyl groups excluding tert-OH is 1. The molecule has 0 aliphatic heterocycles. The Morgan fingerprint density at radius 1 is 1.04 bits per heavy atom. The Balaban J connectivity index is 1.88. The van der Waals surface area contributed by atoms with Crippen LogP contribution in [0.25, 0.3) is 0 Å². The van der Waals surface area contributed by atoms with Crippen LogP contribution in [-0.4, -0.2) is 42.2 Å². The Hall–Kier alpha value is -1.88. The van der Waals surface area contributed by atoms with Crippen molar-refractivity contribution < 1.29 is 9.90 Å². The number of para-hydroxylation sites is 1. The van der Waals surface area contributed by atoms with Gasteiger partial charge >= 0.3 is 0 Å². The molecule has 0 atom stereocenters. The summed E-state index contributed by atoms with van der Waals surface area (Å²) in [5.41, 5.74) is 1.81. The van der Waals surface area contributed by atoms with Crippen LogP contribution < -0.4 is 5.32 Å². The SMILES string of the molecule is O=C(CN(CCO)CCc1ccccc1)Nc1ccccc1Cl. The third kappa shape index (κ3) is 6.02. The van der Waals surface area contributed by atoms with Gasteiger partial charge in [0.2, 0.25) is 5.91 Å². The summed E-state index contributed by atoms with van der Waals surface area (Å²) in [5, 5.41) is 12.5. The molecule has 0 spiro atoms. The third-order valence-corrected chi connectivity index (χ3v) is 3.82. The fourth-order valence-electron chi connectivity index (χ4n) is 2.30. The van der Waals surface area contributed by atoms with E-state index in [4.69, 9.17) is 11.6 Å². The van der Waals surface area contributed by atoms with E-state index in [2.05, 4.69) is 17.4 Å². The van der Waals surface area contributed by atoms with Crippen LogP contribution in [0.2, 0.25) is 5.02 Å². The molecule has 2 aromatic carbocycles. The average molecular weight is 333 g/mol. The average Bonchev–Trinajstić information content (AvgIpc) is 2.56. The summed E-state index contributed by atoms with van der Waals surface area (Å²) in [6, 6.07) is 17.2. The maximum atomic E-state index is 12.2. The van der Waals surface area contributed by atoms with Crippen LogP contribution >= 0.6 is 11.6 Å². The van der Waals surface area contributed by atoms with Gasteiger partial charge in [0, 0.05) is 13.1 Å². The third-order valence-electron chi connectivity index (χ3n) is 3.49. The van der Waals surface area contributed by atoms with Gasteiger partial charge in [0.25, 0.3) is 0 Å². The molecule has 1 amide bonds. The van der Waals surface area contributed by atoms with Gasteiger partial charge in [-0.3, -0.25) is 9.69 Å². The molecule has 2 aromatic rings. The summed E-state index contributed by atoms with van der Waals surface area (Å²) in [5.74, 6) is -0.139. The summed E-state index contributed by atoms with van der Waals surface area (Å²) < 4.78 is 0. The first-order chi connectivity index (χ1) is 11.2.